The van der Waals surface area contributed by atoms with Gasteiger partial charge >= 0.3 is 5.97 Å². The summed E-state index contributed by atoms with van der Waals surface area (Å²) in [7, 11) is 0. The van der Waals surface area contributed by atoms with E-state index in [9.17, 15) is 9.59 Å². The predicted octanol–water partition coefficient (Wildman–Crippen LogP) is 5.68. The Kier molecular flexibility index (Phi) is 9.66. The van der Waals surface area contributed by atoms with Gasteiger partial charge in [0.1, 0.15) is 5.60 Å². The molecule has 2 aromatic rings. The summed E-state index contributed by atoms with van der Waals surface area (Å²) in [5.74, 6) is 0.150. The zero-order valence-corrected chi connectivity index (χ0v) is 20.8. The number of nitrogens with two attached hydrogens (primary N) is 1. The van der Waals surface area contributed by atoms with Crippen molar-refractivity contribution >= 4 is 23.3 Å². The maximum atomic E-state index is 12.5. The highest BCUT2D eigenvalue weighted by Gasteiger charge is 2.19. The minimum absolute atomic E-state index is 0.00677. The van der Waals surface area contributed by atoms with Crippen LogP contribution in [0.2, 0.25) is 0 Å². The lowest BCUT2D eigenvalue weighted by Gasteiger charge is -2.26. The fourth-order valence-corrected chi connectivity index (χ4v) is 3.57. The molecule has 0 aliphatic carbocycles. The Bertz CT molecular complexity index is 976. The molecule has 0 saturated carbocycles. The van der Waals surface area contributed by atoms with Gasteiger partial charge in [-0.3, -0.25) is 9.59 Å². The highest BCUT2D eigenvalue weighted by molar-refractivity contribution is 5.97. The van der Waals surface area contributed by atoms with Gasteiger partial charge in [-0.05, 0) is 62.9 Å². The fourth-order valence-electron chi connectivity index (χ4n) is 3.57. The number of oxime groups is 1. The van der Waals surface area contributed by atoms with Crippen LogP contribution in [0.25, 0.3) is 0 Å². The van der Waals surface area contributed by atoms with Crippen molar-refractivity contribution in [1.82, 2.24) is 0 Å². The van der Waals surface area contributed by atoms with Gasteiger partial charge < -0.3 is 21.0 Å². The number of nitrogens with one attached hydrogen (secondary N) is 1. The normalized spacial score (nSPS) is 13.7. The summed E-state index contributed by atoms with van der Waals surface area (Å²) in [6.07, 6.45) is 1.97. The topological polar surface area (TPSA) is 114 Å². The van der Waals surface area contributed by atoms with Gasteiger partial charge in [0.2, 0.25) is 0 Å². The highest BCUT2D eigenvalue weighted by atomic mass is 16.6. The molecule has 2 atom stereocenters. The molecule has 0 aromatic heterocycles. The van der Waals surface area contributed by atoms with E-state index < -0.39 is 5.60 Å². The molecule has 0 fully saturated rings. The largest absolute Gasteiger partial charge is 0.460 e. The first kappa shape index (κ1) is 26.9. The van der Waals surface area contributed by atoms with Crippen LogP contribution in [0.3, 0.4) is 0 Å². The fraction of sp³-hybridized carbons (Fsp3) is 0.444. The number of carbonyl (C=O) groups excluding carboxylic acids is 2. The van der Waals surface area contributed by atoms with Gasteiger partial charge in [-0.2, -0.15) is 0 Å². The molecule has 0 heterocycles. The van der Waals surface area contributed by atoms with Crippen molar-refractivity contribution in [3.8, 4) is 0 Å². The first-order valence-corrected chi connectivity index (χ1v) is 11.7. The lowest BCUT2D eigenvalue weighted by Crippen LogP contribution is -2.23. The Balaban J connectivity index is 2.01. The van der Waals surface area contributed by atoms with Crippen molar-refractivity contribution in [3.63, 3.8) is 0 Å². The third kappa shape index (κ3) is 8.21. The first-order valence-electron chi connectivity index (χ1n) is 11.7. The van der Waals surface area contributed by atoms with Crippen LogP contribution in [0, 0.1) is 5.92 Å². The van der Waals surface area contributed by atoms with E-state index in [0.717, 1.165) is 17.7 Å². The number of Topliss-reactive ketones (excluding diaryl/α,β-unsaturated/α-hetero) is 1. The number of esters is 1. The second kappa shape index (κ2) is 12.2. The average molecular weight is 468 g/mol. The summed E-state index contributed by atoms with van der Waals surface area (Å²) in [6.45, 7) is 9.80. The van der Waals surface area contributed by atoms with E-state index in [-0.39, 0.29) is 30.1 Å². The summed E-state index contributed by atoms with van der Waals surface area (Å²) in [4.78, 5) is 24.3. The van der Waals surface area contributed by atoms with Gasteiger partial charge in [-0.15, -0.1) is 0 Å². The van der Waals surface area contributed by atoms with Gasteiger partial charge in [-0.1, -0.05) is 49.7 Å². The number of nitrogens with zero attached hydrogens (tertiary/aromatic N) is 1. The number of rotatable bonds is 11. The highest BCUT2D eigenvalue weighted by Crippen LogP contribution is 2.29. The SMILES string of the molecule is CCC(C)[C@H](Nc1ccc(C(=O)CCCC(=O)OC(C)(C)C)cc1)c1ccc(/C(N)=N/O)cc1. The van der Waals surface area contributed by atoms with Gasteiger partial charge in [0.05, 0.1) is 6.04 Å². The Morgan fingerprint density at radius 2 is 1.62 bits per heavy atom. The molecular weight excluding hydrogens is 430 g/mol. The molecule has 0 bridgehead atoms. The molecule has 2 rings (SSSR count). The predicted molar refractivity (Wildman–Crippen MR) is 135 cm³/mol. The summed E-state index contributed by atoms with van der Waals surface area (Å²) in [5.41, 5.74) is 8.44. The number of carbonyl (C=O) groups is 2. The standard InChI is InChI=1S/C27H37N3O4/c1-6-18(2)25(20-10-12-21(13-11-20)26(28)30-33)29-22-16-14-19(15-17-22)23(31)8-7-9-24(32)34-27(3,4)5/h10-18,25,29,33H,6-9H2,1-5H3,(H2,28,30)/t18?,25-/m0/s1. The monoisotopic (exact) mass is 467 g/mol. The lowest BCUT2D eigenvalue weighted by molar-refractivity contribution is -0.154. The molecule has 7 nitrogen and oxygen atoms in total. The number of amidine groups is 1. The maximum absolute atomic E-state index is 12.5. The van der Waals surface area contributed by atoms with Crippen LogP contribution in [0.5, 0.6) is 0 Å². The molecule has 2 aromatic carbocycles. The molecule has 0 saturated heterocycles. The second-order valence-corrected chi connectivity index (χ2v) is 9.56. The van der Waals surface area contributed by atoms with E-state index in [1.807, 2.05) is 69.3 Å². The zero-order chi connectivity index (χ0) is 25.3. The number of anilines is 1. The van der Waals surface area contributed by atoms with Crippen LogP contribution in [0.1, 0.15) is 87.8 Å². The molecule has 4 N–H and O–H groups in total. The Morgan fingerprint density at radius 3 is 2.15 bits per heavy atom. The third-order valence-corrected chi connectivity index (χ3v) is 5.62. The summed E-state index contributed by atoms with van der Waals surface area (Å²) < 4.78 is 5.29. The van der Waals surface area contributed by atoms with E-state index in [0.29, 0.717) is 29.9 Å². The maximum Gasteiger partial charge on any atom is 0.306 e. The van der Waals surface area contributed by atoms with Gasteiger partial charge in [0.25, 0.3) is 0 Å². The van der Waals surface area contributed by atoms with Crippen molar-refractivity contribution in [2.24, 2.45) is 16.8 Å². The average Bonchev–Trinajstić information content (AvgIpc) is 2.80. The molecule has 0 radical (unpaired) electrons. The first-order chi connectivity index (χ1) is 16.0. The minimum atomic E-state index is -0.514. The molecule has 34 heavy (non-hydrogen) atoms. The van der Waals surface area contributed by atoms with Crippen LogP contribution < -0.4 is 11.1 Å². The van der Waals surface area contributed by atoms with E-state index in [2.05, 4.69) is 24.3 Å². The smallest absolute Gasteiger partial charge is 0.306 e. The van der Waals surface area contributed by atoms with Crippen molar-refractivity contribution in [2.45, 2.75) is 71.9 Å². The van der Waals surface area contributed by atoms with E-state index in [1.165, 1.54) is 0 Å². The van der Waals surface area contributed by atoms with Gasteiger partial charge in [0, 0.05) is 29.7 Å². The van der Waals surface area contributed by atoms with Crippen LogP contribution in [-0.4, -0.2) is 28.4 Å². The molecule has 0 spiro atoms. The van der Waals surface area contributed by atoms with Crippen LogP contribution in [0.4, 0.5) is 5.69 Å². The molecule has 7 heteroatoms. The van der Waals surface area contributed by atoms with Crippen LogP contribution in [-0.2, 0) is 9.53 Å². The van der Waals surface area contributed by atoms with Crippen molar-refractivity contribution in [2.75, 3.05) is 5.32 Å². The van der Waals surface area contributed by atoms with Crippen LogP contribution in [0.15, 0.2) is 53.7 Å². The van der Waals surface area contributed by atoms with Crippen molar-refractivity contribution in [3.05, 3.63) is 65.2 Å². The Labute approximate surface area is 202 Å². The Morgan fingerprint density at radius 1 is 1.03 bits per heavy atom. The number of ketones is 1. The molecule has 184 valence electrons. The van der Waals surface area contributed by atoms with E-state index in [4.69, 9.17) is 15.7 Å². The third-order valence-electron chi connectivity index (χ3n) is 5.62. The molecule has 0 amide bonds. The van der Waals surface area contributed by atoms with Gasteiger partial charge in [0.15, 0.2) is 11.6 Å². The number of benzene rings is 2. The second-order valence-electron chi connectivity index (χ2n) is 9.56. The number of ether oxygens (including phenoxy) is 1. The summed E-state index contributed by atoms with van der Waals surface area (Å²) >= 11 is 0. The van der Waals surface area contributed by atoms with Crippen molar-refractivity contribution < 1.29 is 19.5 Å². The molecule has 0 aliphatic rings. The zero-order valence-electron chi connectivity index (χ0n) is 20.8. The Hall–Kier alpha value is -3.35. The van der Waals surface area contributed by atoms with E-state index >= 15 is 0 Å². The quantitative estimate of drug-likeness (QED) is 0.0979. The minimum Gasteiger partial charge on any atom is -0.460 e. The number of hydrogen-bond donors (Lipinski definition) is 3. The van der Waals surface area contributed by atoms with E-state index in [1.54, 1.807) is 0 Å². The number of hydrogen-bond acceptors (Lipinski definition) is 6. The molecule has 1 unspecified atom stereocenters. The summed E-state index contributed by atoms with van der Waals surface area (Å²) in [6, 6.07) is 15.1. The van der Waals surface area contributed by atoms with Crippen LogP contribution >= 0.6 is 0 Å². The molecular formula is C27H37N3O4. The molecule has 0 aliphatic heterocycles. The van der Waals surface area contributed by atoms with Gasteiger partial charge in [-0.25, -0.2) is 0 Å². The summed E-state index contributed by atoms with van der Waals surface area (Å²) in [5, 5.41) is 15.5. The van der Waals surface area contributed by atoms with Crippen molar-refractivity contribution in [1.29, 1.82) is 0 Å². The lowest BCUT2D eigenvalue weighted by atomic mass is 9.91.